The third kappa shape index (κ3) is 3.11. The summed E-state index contributed by atoms with van der Waals surface area (Å²) in [5.41, 5.74) is 0.476. The molecule has 0 unspecified atom stereocenters. The van der Waals surface area contributed by atoms with E-state index < -0.39 is 5.60 Å². The Morgan fingerprint density at radius 1 is 1.20 bits per heavy atom. The lowest BCUT2D eigenvalue weighted by Crippen LogP contribution is -2.50. The van der Waals surface area contributed by atoms with E-state index in [-0.39, 0.29) is 0 Å². The summed E-state index contributed by atoms with van der Waals surface area (Å²) in [6, 6.07) is 8.29. The number of fused-ring (bicyclic) bond motifs is 1. The third-order valence-electron chi connectivity index (χ3n) is 3.54. The number of anilines is 1. The molecule has 0 atom stereocenters. The van der Waals surface area contributed by atoms with E-state index in [9.17, 15) is 5.11 Å². The van der Waals surface area contributed by atoms with E-state index in [2.05, 4.69) is 28.0 Å². The number of aromatic nitrogens is 1. The smallest absolute Gasteiger partial charge is 0.186 e. The lowest BCUT2D eigenvalue weighted by atomic mass is 10.1. The van der Waals surface area contributed by atoms with Gasteiger partial charge in [0.2, 0.25) is 0 Å². The zero-order valence-electron chi connectivity index (χ0n) is 12.0. The Hall–Kier alpha value is -1.17. The molecule has 0 saturated carbocycles. The van der Waals surface area contributed by atoms with Crippen LogP contribution in [0.25, 0.3) is 10.2 Å². The number of aliphatic hydroxyl groups is 1. The number of rotatable bonds is 3. The van der Waals surface area contributed by atoms with Crippen molar-refractivity contribution in [2.75, 3.05) is 37.6 Å². The molecule has 1 aromatic carbocycles. The second kappa shape index (κ2) is 5.31. The number of benzene rings is 1. The molecule has 0 amide bonds. The molecule has 1 N–H and O–H groups in total. The highest BCUT2D eigenvalue weighted by Crippen LogP contribution is 2.29. The summed E-state index contributed by atoms with van der Waals surface area (Å²) in [6.07, 6.45) is 0. The zero-order valence-corrected chi connectivity index (χ0v) is 12.9. The number of hydrogen-bond acceptors (Lipinski definition) is 5. The molecule has 2 aromatic rings. The maximum absolute atomic E-state index is 9.88. The number of thiazole rings is 1. The largest absolute Gasteiger partial charge is 0.389 e. The quantitative estimate of drug-likeness (QED) is 0.941. The molecule has 3 rings (SSSR count). The van der Waals surface area contributed by atoms with Crippen molar-refractivity contribution in [2.24, 2.45) is 0 Å². The van der Waals surface area contributed by atoms with Gasteiger partial charge >= 0.3 is 0 Å². The maximum Gasteiger partial charge on any atom is 0.186 e. The third-order valence-corrected chi connectivity index (χ3v) is 4.63. The van der Waals surface area contributed by atoms with Gasteiger partial charge < -0.3 is 10.0 Å². The molecule has 2 heterocycles. The van der Waals surface area contributed by atoms with Crippen molar-refractivity contribution >= 4 is 26.7 Å². The normalized spacial score (nSPS) is 17.9. The fourth-order valence-electron chi connectivity index (χ4n) is 2.64. The van der Waals surface area contributed by atoms with E-state index in [0.717, 1.165) is 43.4 Å². The van der Waals surface area contributed by atoms with Gasteiger partial charge in [-0.1, -0.05) is 23.5 Å². The molecule has 4 nitrogen and oxygen atoms in total. The van der Waals surface area contributed by atoms with Crippen LogP contribution in [0.15, 0.2) is 24.3 Å². The minimum absolute atomic E-state index is 0.613. The Kier molecular flexibility index (Phi) is 3.67. The molecule has 0 spiro atoms. The van der Waals surface area contributed by atoms with Crippen LogP contribution in [-0.2, 0) is 0 Å². The summed E-state index contributed by atoms with van der Waals surface area (Å²) in [5, 5.41) is 11.0. The molecule has 0 radical (unpaired) electrons. The molecular formula is C15H21N3OS. The lowest BCUT2D eigenvalue weighted by molar-refractivity contribution is 0.0345. The van der Waals surface area contributed by atoms with Crippen molar-refractivity contribution in [1.29, 1.82) is 0 Å². The minimum Gasteiger partial charge on any atom is -0.389 e. The van der Waals surface area contributed by atoms with E-state index >= 15 is 0 Å². The zero-order chi connectivity index (χ0) is 14.2. The van der Waals surface area contributed by atoms with Gasteiger partial charge in [0.05, 0.1) is 15.8 Å². The van der Waals surface area contributed by atoms with E-state index in [4.69, 9.17) is 4.98 Å². The first-order valence-corrected chi connectivity index (χ1v) is 7.88. The molecule has 1 aliphatic heterocycles. The molecule has 20 heavy (non-hydrogen) atoms. The predicted octanol–water partition coefficient (Wildman–Crippen LogP) is 2.19. The standard InChI is InChI=1S/C15H21N3OS/c1-15(2,19)11-17-7-9-18(10-8-17)14-16-12-5-3-4-6-13(12)20-14/h3-6,19H,7-11H2,1-2H3. The molecule has 1 saturated heterocycles. The Morgan fingerprint density at radius 3 is 2.55 bits per heavy atom. The van der Waals surface area contributed by atoms with Crippen LogP contribution in [0.2, 0.25) is 0 Å². The summed E-state index contributed by atoms with van der Waals surface area (Å²) >= 11 is 1.77. The minimum atomic E-state index is -0.613. The van der Waals surface area contributed by atoms with Gasteiger partial charge in [-0.25, -0.2) is 4.98 Å². The van der Waals surface area contributed by atoms with E-state index in [0.29, 0.717) is 0 Å². The van der Waals surface area contributed by atoms with Crippen molar-refractivity contribution in [3.8, 4) is 0 Å². The van der Waals surface area contributed by atoms with Gasteiger partial charge in [0, 0.05) is 32.7 Å². The Morgan fingerprint density at radius 2 is 1.90 bits per heavy atom. The highest BCUT2D eigenvalue weighted by Gasteiger charge is 2.24. The summed E-state index contributed by atoms with van der Waals surface area (Å²) in [4.78, 5) is 9.39. The molecular weight excluding hydrogens is 270 g/mol. The SMILES string of the molecule is CC(C)(O)CN1CCN(c2nc3ccccc3s2)CC1. The topological polar surface area (TPSA) is 39.6 Å². The number of β-amino-alcohol motifs (C(OH)–C–C–N with tert-alkyl or cyclic N) is 1. The average molecular weight is 291 g/mol. The molecule has 108 valence electrons. The van der Waals surface area contributed by atoms with Gasteiger partial charge in [-0.05, 0) is 26.0 Å². The van der Waals surface area contributed by atoms with Crippen molar-refractivity contribution in [3.63, 3.8) is 0 Å². The van der Waals surface area contributed by atoms with E-state index in [1.54, 1.807) is 11.3 Å². The fourth-order valence-corrected chi connectivity index (χ4v) is 3.66. The Labute approximate surface area is 123 Å². The second-order valence-corrected chi connectivity index (χ2v) is 7.05. The number of hydrogen-bond donors (Lipinski definition) is 1. The lowest BCUT2D eigenvalue weighted by Gasteiger charge is -2.37. The predicted molar refractivity (Wildman–Crippen MR) is 84.6 cm³/mol. The molecule has 1 fully saturated rings. The van der Waals surface area contributed by atoms with Crippen molar-refractivity contribution in [3.05, 3.63) is 24.3 Å². The molecule has 0 aliphatic carbocycles. The van der Waals surface area contributed by atoms with E-state index in [1.807, 2.05) is 19.9 Å². The first-order valence-electron chi connectivity index (χ1n) is 7.06. The van der Waals surface area contributed by atoms with Gasteiger partial charge in [-0.2, -0.15) is 0 Å². The van der Waals surface area contributed by atoms with Crippen molar-refractivity contribution in [2.45, 2.75) is 19.4 Å². The van der Waals surface area contributed by atoms with E-state index in [1.165, 1.54) is 4.70 Å². The first kappa shape index (κ1) is 13.8. The van der Waals surface area contributed by atoms with Crippen LogP contribution < -0.4 is 4.90 Å². The van der Waals surface area contributed by atoms with Crippen LogP contribution in [0.3, 0.4) is 0 Å². The van der Waals surface area contributed by atoms with Gasteiger partial charge in [0.25, 0.3) is 0 Å². The highest BCUT2D eigenvalue weighted by molar-refractivity contribution is 7.22. The average Bonchev–Trinajstić information content (AvgIpc) is 2.81. The van der Waals surface area contributed by atoms with Gasteiger partial charge in [-0.15, -0.1) is 0 Å². The summed E-state index contributed by atoms with van der Waals surface area (Å²) < 4.78 is 1.25. The molecule has 5 heteroatoms. The highest BCUT2D eigenvalue weighted by atomic mass is 32.1. The van der Waals surface area contributed by atoms with Gasteiger partial charge in [0.1, 0.15) is 0 Å². The monoisotopic (exact) mass is 291 g/mol. The Balaban J connectivity index is 1.66. The van der Waals surface area contributed by atoms with Crippen LogP contribution in [0.1, 0.15) is 13.8 Å². The van der Waals surface area contributed by atoms with Crippen LogP contribution in [0.4, 0.5) is 5.13 Å². The second-order valence-electron chi connectivity index (χ2n) is 6.04. The van der Waals surface area contributed by atoms with Gasteiger partial charge in [0.15, 0.2) is 5.13 Å². The fraction of sp³-hybridized carbons (Fsp3) is 0.533. The van der Waals surface area contributed by atoms with Crippen LogP contribution in [0, 0.1) is 0 Å². The van der Waals surface area contributed by atoms with Gasteiger partial charge in [-0.3, -0.25) is 4.90 Å². The number of piperazine rings is 1. The van der Waals surface area contributed by atoms with Crippen LogP contribution in [0.5, 0.6) is 0 Å². The summed E-state index contributed by atoms with van der Waals surface area (Å²) in [6.45, 7) is 8.41. The Bertz CT molecular complexity index is 549. The number of para-hydroxylation sites is 1. The number of nitrogens with zero attached hydrogens (tertiary/aromatic N) is 3. The molecule has 1 aromatic heterocycles. The summed E-state index contributed by atoms with van der Waals surface area (Å²) in [7, 11) is 0. The van der Waals surface area contributed by atoms with Crippen LogP contribution in [-0.4, -0.2) is 53.3 Å². The summed E-state index contributed by atoms with van der Waals surface area (Å²) in [5.74, 6) is 0. The van der Waals surface area contributed by atoms with Crippen LogP contribution >= 0.6 is 11.3 Å². The maximum atomic E-state index is 9.88. The first-order chi connectivity index (χ1) is 9.51. The molecule has 1 aliphatic rings. The van der Waals surface area contributed by atoms with Crippen molar-refractivity contribution < 1.29 is 5.11 Å². The van der Waals surface area contributed by atoms with Crippen molar-refractivity contribution in [1.82, 2.24) is 9.88 Å². The molecule has 0 bridgehead atoms.